The standard InChI is InChI=1S/C19H23N3O3S/c1-12(2)25-15-7-3-5-13(9-15)17(23)14-6-4-8-22(10-14)19-21-16(11-26-19)18(20)24/h3,5,7,9,11-12,14H,4,6,8,10H2,1-2H3,(H2,20,24)/t14-/m0/s1. The van der Waals surface area contributed by atoms with Gasteiger partial charge in [-0.3, -0.25) is 9.59 Å². The summed E-state index contributed by atoms with van der Waals surface area (Å²) in [6.45, 7) is 5.34. The van der Waals surface area contributed by atoms with Crippen molar-refractivity contribution in [1.82, 2.24) is 4.98 Å². The molecule has 3 rings (SSSR count). The van der Waals surface area contributed by atoms with Crippen molar-refractivity contribution in [2.45, 2.75) is 32.8 Å². The Hall–Kier alpha value is -2.41. The Bertz CT molecular complexity index is 803. The molecule has 1 aliphatic heterocycles. The van der Waals surface area contributed by atoms with Crippen LogP contribution >= 0.6 is 11.3 Å². The van der Waals surface area contributed by atoms with Crippen LogP contribution in [0.4, 0.5) is 5.13 Å². The van der Waals surface area contributed by atoms with E-state index in [9.17, 15) is 9.59 Å². The molecule has 138 valence electrons. The Morgan fingerprint density at radius 3 is 2.88 bits per heavy atom. The largest absolute Gasteiger partial charge is 0.491 e. The average molecular weight is 373 g/mol. The van der Waals surface area contributed by atoms with Crippen LogP contribution in [-0.4, -0.2) is 35.9 Å². The number of nitrogens with zero attached hydrogens (tertiary/aromatic N) is 2. The number of nitrogens with two attached hydrogens (primary N) is 1. The van der Waals surface area contributed by atoms with Gasteiger partial charge >= 0.3 is 0 Å². The van der Waals surface area contributed by atoms with E-state index in [-0.39, 0.29) is 23.5 Å². The topological polar surface area (TPSA) is 85.5 Å². The summed E-state index contributed by atoms with van der Waals surface area (Å²) in [5.74, 6) is 0.207. The number of Topliss-reactive ketones (excluding diaryl/α,β-unsaturated/α-hetero) is 1. The number of hydrogen-bond donors (Lipinski definition) is 1. The summed E-state index contributed by atoms with van der Waals surface area (Å²) in [5.41, 5.74) is 6.23. The monoisotopic (exact) mass is 373 g/mol. The lowest BCUT2D eigenvalue weighted by Gasteiger charge is -2.31. The molecule has 0 unspecified atom stereocenters. The zero-order chi connectivity index (χ0) is 18.7. The average Bonchev–Trinajstić information content (AvgIpc) is 3.11. The number of carbonyl (C=O) groups is 2. The summed E-state index contributed by atoms with van der Waals surface area (Å²) in [6.07, 6.45) is 1.82. The molecule has 1 atom stereocenters. The predicted molar refractivity (Wildman–Crippen MR) is 102 cm³/mol. The third-order valence-corrected chi connectivity index (χ3v) is 5.20. The van der Waals surface area contributed by atoms with Crippen molar-refractivity contribution in [2.75, 3.05) is 18.0 Å². The fourth-order valence-electron chi connectivity index (χ4n) is 3.12. The Labute approximate surface area is 157 Å². The molecule has 0 bridgehead atoms. The van der Waals surface area contributed by atoms with Gasteiger partial charge in [-0.2, -0.15) is 0 Å². The van der Waals surface area contributed by atoms with Gasteiger partial charge < -0.3 is 15.4 Å². The van der Waals surface area contributed by atoms with Crippen molar-refractivity contribution in [2.24, 2.45) is 11.7 Å². The van der Waals surface area contributed by atoms with Crippen LogP contribution in [0.25, 0.3) is 0 Å². The molecule has 0 saturated carbocycles. The summed E-state index contributed by atoms with van der Waals surface area (Å²) in [4.78, 5) is 30.6. The maximum Gasteiger partial charge on any atom is 0.268 e. The van der Waals surface area contributed by atoms with Crippen molar-refractivity contribution in [3.8, 4) is 5.75 Å². The molecule has 0 radical (unpaired) electrons. The van der Waals surface area contributed by atoms with Crippen molar-refractivity contribution in [3.05, 3.63) is 40.9 Å². The summed E-state index contributed by atoms with van der Waals surface area (Å²) in [6, 6.07) is 7.37. The van der Waals surface area contributed by atoms with Crippen LogP contribution in [0.1, 0.15) is 47.5 Å². The van der Waals surface area contributed by atoms with Crippen LogP contribution < -0.4 is 15.4 Å². The van der Waals surface area contributed by atoms with Crippen LogP contribution in [0.15, 0.2) is 29.6 Å². The third-order valence-electron chi connectivity index (χ3n) is 4.30. The minimum absolute atomic E-state index is 0.0647. The highest BCUT2D eigenvalue weighted by molar-refractivity contribution is 7.13. The maximum absolute atomic E-state index is 13.0. The van der Waals surface area contributed by atoms with Gasteiger partial charge in [-0.1, -0.05) is 12.1 Å². The highest BCUT2D eigenvalue weighted by atomic mass is 32.1. The predicted octanol–water partition coefficient (Wildman–Crippen LogP) is 3.13. The number of piperidine rings is 1. The van der Waals surface area contributed by atoms with Gasteiger partial charge in [-0.25, -0.2) is 4.98 Å². The van der Waals surface area contributed by atoms with Crippen molar-refractivity contribution in [3.63, 3.8) is 0 Å². The molecule has 1 saturated heterocycles. The van der Waals surface area contributed by atoms with E-state index < -0.39 is 5.91 Å². The number of carbonyl (C=O) groups excluding carboxylic acids is 2. The summed E-state index contributed by atoms with van der Waals surface area (Å²) in [5, 5.41) is 2.41. The zero-order valence-electron chi connectivity index (χ0n) is 15.0. The lowest BCUT2D eigenvalue weighted by molar-refractivity contribution is 0.0905. The second-order valence-electron chi connectivity index (χ2n) is 6.72. The van der Waals surface area contributed by atoms with Crippen molar-refractivity contribution in [1.29, 1.82) is 0 Å². The Morgan fingerprint density at radius 2 is 2.19 bits per heavy atom. The zero-order valence-corrected chi connectivity index (χ0v) is 15.8. The van der Waals surface area contributed by atoms with Gasteiger partial charge in [0.1, 0.15) is 11.4 Å². The van der Waals surface area contributed by atoms with Crippen LogP contribution in [-0.2, 0) is 0 Å². The summed E-state index contributed by atoms with van der Waals surface area (Å²) in [7, 11) is 0. The fraction of sp³-hybridized carbons (Fsp3) is 0.421. The molecule has 1 aliphatic rings. The number of aromatic nitrogens is 1. The first-order valence-corrected chi connectivity index (χ1v) is 9.63. The van der Waals surface area contributed by atoms with Crippen molar-refractivity contribution < 1.29 is 14.3 Å². The number of anilines is 1. The molecule has 1 fully saturated rings. The second-order valence-corrected chi connectivity index (χ2v) is 7.56. The van der Waals surface area contributed by atoms with Gasteiger partial charge in [0.15, 0.2) is 10.9 Å². The SMILES string of the molecule is CC(C)Oc1cccc(C(=O)[C@H]2CCCN(c3nc(C(N)=O)cs3)C2)c1. The molecule has 7 heteroatoms. The van der Waals surface area contributed by atoms with Crippen LogP contribution in [0.2, 0.25) is 0 Å². The maximum atomic E-state index is 13.0. The number of primary amides is 1. The quantitative estimate of drug-likeness (QED) is 0.786. The molecule has 0 spiro atoms. The summed E-state index contributed by atoms with van der Waals surface area (Å²) >= 11 is 1.39. The van der Waals surface area contributed by atoms with E-state index in [1.165, 1.54) is 11.3 Å². The molecule has 1 aromatic heterocycles. The summed E-state index contributed by atoms with van der Waals surface area (Å²) < 4.78 is 5.69. The Balaban J connectivity index is 1.72. The molecular weight excluding hydrogens is 350 g/mol. The van der Waals surface area contributed by atoms with Crippen LogP contribution in [0, 0.1) is 5.92 Å². The Kier molecular flexibility index (Phi) is 5.56. The molecule has 2 heterocycles. The van der Waals surface area contributed by atoms with E-state index in [1.54, 1.807) is 5.38 Å². The van der Waals surface area contributed by atoms with E-state index in [1.807, 2.05) is 38.1 Å². The van der Waals surface area contributed by atoms with Gasteiger partial charge in [0.25, 0.3) is 5.91 Å². The van der Waals surface area contributed by atoms with E-state index in [4.69, 9.17) is 10.5 Å². The molecule has 26 heavy (non-hydrogen) atoms. The van der Waals surface area contributed by atoms with E-state index in [0.29, 0.717) is 17.9 Å². The lowest BCUT2D eigenvalue weighted by atomic mass is 9.90. The molecule has 6 nitrogen and oxygen atoms in total. The number of benzene rings is 1. The fourth-order valence-corrected chi connectivity index (χ4v) is 3.97. The number of thiazole rings is 1. The number of ether oxygens (including phenoxy) is 1. The molecular formula is C19H23N3O3S. The van der Waals surface area contributed by atoms with Gasteiger partial charge in [-0.15, -0.1) is 11.3 Å². The first-order chi connectivity index (χ1) is 12.4. The lowest BCUT2D eigenvalue weighted by Crippen LogP contribution is -2.38. The first kappa shape index (κ1) is 18.4. The normalized spacial score (nSPS) is 17.3. The van der Waals surface area contributed by atoms with Crippen molar-refractivity contribution >= 4 is 28.2 Å². The molecule has 1 amide bonds. The molecule has 2 aromatic rings. The third kappa shape index (κ3) is 4.22. The minimum Gasteiger partial charge on any atom is -0.491 e. The van der Waals surface area contributed by atoms with Crippen LogP contribution in [0.5, 0.6) is 5.75 Å². The van der Waals surface area contributed by atoms with Crippen LogP contribution in [0.3, 0.4) is 0 Å². The number of amides is 1. The van der Waals surface area contributed by atoms with E-state index >= 15 is 0 Å². The van der Waals surface area contributed by atoms with Gasteiger partial charge in [0.05, 0.1) is 6.10 Å². The minimum atomic E-state index is -0.529. The second kappa shape index (κ2) is 7.86. The van der Waals surface area contributed by atoms with Gasteiger partial charge in [0.2, 0.25) is 0 Å². The van der Waals surface area contributed by atoms with Gasteiger partial charge in [0, 0.05) is 30.0 Å². The highest BCUT2D eigenvalue weighted by Crippen LogP contribution is 2.28. The molecule has 1 aromatic carbocycles. The number of ketones is 1. The highest BCUT2D eigenvalue weighted by Gasteiger charge is 2.28. The van der Waals surface area contributed by atoms with E-state index in [0.717, 1.165) is 24.5 Å². The van der Waals surface area contributed by atoms with E-state index in [2.05, 4.69) is 9.88 Å². The first-order valence-electron chi connectivity index (χ1n) is 8.75. The Morgan fingerprint density at radius 1 is 1.38 bits per heavy atom. The smallest absolute Gasteiger partial charge is 0.268 e. The number of rotatable bonds is 6. The number of hydrogen-bond acceptors (Lipinski definition) is 6. The van der Waals surface area contributed by atoms with Gasteiger partial charge in [-0.05, 0) is 38.8 Å². The molecule has 2 N–H and O–H groups in total. The molecule has 0 aliphatic carbocycles.